The molecule has 1 saturated heterocycles. The number of amides is 8. The molecule has 28 heteroatoms. The number of fused-ring (bicyclic) bond motifs is 2. The van der Waals surface area contributed by atoms with Gasteiger partial charge in [-0.2, -0.15) is 11.3 Å². The number of thiophene rings is 7. The topological polar surface area (TPSA) is 205 Å². The van der Waals surface area contributed by atoms with Crippen molar-refractivity contribution < 1.29 is 66.6 Å². The van der Waals surface area contributed by atoms with Gasteiger partial charge in [0.05, 0.1) is 83.4 Å². The maximum Gasteiger partial charge on any atom is 0.505 e. The Morgan fingerprint density at radius 1 is 0.375 bits per heavy atom. The van der Waals surface area contributed by atoms with Gasteiger partial charge in [-0.1, -0.05) is 78.6 Å². The van der Waals surface area contributed by atoms with Crippen LogP contribution in [0.3, 0.4) is 0 Å². The highest BCUT2D eigenvalue weighted by Crippen LogP contribution is 2.53. The molecule has 8 amide bonds. The number of aryl methyl sites for hydroxylation is 3. The molecule has 600 valence electrons. The molecule has 7 aromatic rings. The molecule has 0 unspecified atom stereocenters. The summed E-state index contributed by atoms with van der Waals surface area (Å²) in [5.41, 5.74) is 0.121. The molecule has 0 atom stereocenters. The maximum atomic E-state index is 14.7. The number of halogens is 2. The third-order valence-corrected chi connectivity index (χ3v) is 27.3. The summed E-state index contributed by atoms with van der Waals surface area (Å²) in [4.78, 5) is 121. The van der Waals surface area contributed by atoms with Crippen molar-refractivity contribution in [3.05, 3.63) is 149 Å². The van der Waals surface area contributed by atoms with Crippen molar-refractivity contribution in [1.29, 1.82) is 0 Å². The second-order valence-electron chi connectivity index (χ2n) is 32.9. The Hall–Kier alpha value is -6.44. The molecule has 0 N–H and O–H groups in total. The van der Waals surface area contributed by atoms with Crippen LogP contribution in [0.2, 0.25) is 0 Å². The molecule has 18 nitrogen and oxygen atoms in total. The zero-order chi connectivity index (χ0) is 81.9. The molecule has 0 aromatic carbocycles. The van der Waals surface area contributed by atoms with E-state index in [9.17, 15) is 38.4 Å². The van der Waals surface area contributed by atoms with E-state index in [0.29, 0.717) is 19.5 Å². The lowest BCUT2D eigenvalue weighted by atomic mass is 9.87. The molecule has 5 aliphatic rings. The van der Waals surface area contributed by atoms with E-state index in [1.54, 1.807) is 141 Å². The first-order chi connectivity index (χ1) is 52.5. The smallest absolute Gasteiger partial charge is 0.443 e. The van der Waals surface area contributed by atoms with Crippen molar-refractivity contribution in [1.82, 2.24) is 19.6 Å². The van der Waals surface area contributed by atoms with E-state index in [4.69, 9.17) is 28.3 Å². The van der Waals surface area contributed by atoms with Crippen LogP contribution in [0.15, 0.2) is 113 Å². The highest BCUT2D eigenvalue weighted by molar-refractivity contribution is 9.11. The molecule has 12 rings (SSSR count). The fourth-order valence-corrected chi connectivity index (χ4v) is 20.6. The largest absolute Gasteiger partial charge is 0.505 e. The normalized spacial score (nSPS) is 16.3. The van der Waals surface area contributed by atoms with Crippen LogP contribution in [-0.2, 0) is 66.7 Å². The van der Waals surface area contributed by atoms with Gasteiger partial charge in [-0.05, 0) is 281 Å². The lowest BCUT2D eigenvalue weighted by molar-refractivity contribution is -0.123. The van der Waals surface area contributed by atoms with Gasteiger partial charge in [0, 0.05) is 24.3 Å². The summed E-state index contributed by atoms with van der Waals surface area (Å²) in [5, 5.41) is 6.62. The van der Waals surface area contributed by atoms with Gasteiger partial charge < -0.3 is 28.3 Å². The molecule has 0 aliphatic carbocycles. The van der Waals surface area contributed by atoms with Crippen LogP contribution >= 0.6 is 111 Å². The van der Waals surface area contributed by atoms with Crippen LogP contribution in [0.5, 0.6) is 0 Å². The van der Waals surface area contributed by atoms with Gasteiger partial charge in [0.1, 0.15) is 22.4 Å². The number of carbonyl (C=O) groups excluding carboxylic acids is 8. The third kappa shape index (κ3) is 20.7. The first kappa shape index (κ1) is 87.9. The minimum Gasteiger partial charge on any atom is -0.443 e. The quantitative estimate of drug-likeness (QED) is 0.0352. The Labute approximate surface area is 704 Å². The molecular weight excluding hydrogens is 1680 g/mol. The minimum atomic E-state index is -0.919. The Balaban J connectivity index is 0.000000201. The molecule has 112 heavy (non-hydrogen) atoms. The van der Waals surface area contributed by atoms with Crippen LogP contribution in [0, 0.1) is 0 Å². The number of hydrogen-bond donors (Lipinski definition) is 0. The summed E-state index contributed by atoms with van der Waals surface area (Å²) >= 11 is 17.1. The van der Waals surface area contributed by atoms with Gasteiger partial charge in [-0.25, -0.2) is 38.8 Å². The molecule has 0 radical (unpaired) electrons. The fourth-order valence-electron chi connectivity index (χ4n) is 12.7. The highest BCUT2D eigenvalue weighted by Gasteiger charge is 2.57. The predicted molar refractivity (Wildman–Crippen MR) is 463 cm³/mol. The summed E-state index contributed by atoms with van der Waals surface area (Å²) in [6.45, 7) is 35.6. The molecule has 0 bridgehead atoms. The lowest BCUT2D eigenvalue weighted by Crippen LogP contribution is -2.41. The average Bonchev–Trinajstić information content (AvgIpc) is 1.55. The number of hydrogen-bond acceptors (Lipinski definition) is 21. The van der Waals surface area contributed by atoms with E-state index in [2.05, 4.69) is 115 Å². The second kappa shape index (κ2) is 36.0. The summed E-state index contributed by atoms with van der Waals surface area (Å²) in [5.74, 6) is -2.95. The van der Waals surface area contributed by atoms with E-state index in [-0.39, 0.29) is 63.4 Å². The summed E-state index contributed by atoms with van der Waals surface area (Å²) in [6, 6.07) is 21.1. The average molecular weight is 1790 g/mol. The zero-order valence-electron chi connectivity index (χ0n) is 67.4. The van der Waals surface area contributed by atoms with Gasteiger partial charge in [0.2, 0.25) is 0 Å². The van der Waals surface area contributed by atoms with E-state index in [0.717, 1.165) is 72.4 Å². The Kier molecular flexibility index (Phi) is 28.2. The van der Waals surface area contributed by atoms with E-state index in [1.807, 2.05) is 24.3 Å². The fraction of sp³-hybridized carbons (Fsp3) is 0.476. The van der Waals surface area contributed by atoms with Gasteiger partial charge in [-0.3, -0.25) is 19.2 Å². The second-order valence-corrected chi connectivity index (χ2v) is 42.8. The molecule has 1 fully saturated rings. The maximum absolute atomic E-state index is 14.7. The number of ether oxygens (including phenoxy) is 4. The van der Waals surface area contributed by atoms with Crippen LogP contribution in [-0.4, -0.2) is 108 Å². The van der Waals surface area contributed by atoms with Crippen molar-refractivity contribution in [2.24, 2.45) is 0 Å². The van der Waals surface area contributed by atoms with Gasteiger partial charge in [0.15, 0.2) is 0 Å². The molecular formula is C84H101BBr2N4O14S7. The van der Waals surface area contributed by atoms with E-state index >= 15 is 0 Å². The third-order valence-electron chi connectivity index (χ3n) is 18.5. The molecule has 5 aliphatic heterocycles. The van der Waals surface area contributed by atoms with Crippen LogP contribution in [0.25, 0.3) is 42.3 Å². The van der Waals surface area contributed by atoms with E-state index < -0.39 is 70.4 Å². The predicted octanol–water partition coefficient (Wildman–Crippen LogP) is 24.4. The number of imide groups is 4. The standard InChI is InChI=1S/C44H52N2O6S4.C24H22Br2N2O6S2.C16H27BO2S/c1-9-11-13-15-17-27-23-33(53-25-27)29-19-21-31(55-29)37-35-36(40(48)45(37)41(49)51-43(3,4)5)38(46(39(35)47)42(50)52-44(6,7)8)32-22-20-30(56-32)34-24-28(26-54-34)18-16-14-12-10-2;1-23(2,3)33-21(31)27-17(11-7-9-13(25)35-11)15-16(19(27)29)18(12-8-10-14(26)36-12)28(20(15)30)22(32)34-24(4,5)6;1-6-7-8-9-10-13-11-14(20-12-13)17-18-15(2,3)16(4,5)19-17/h19-26H,9-18H2,1-8H3;7-10H,1-6H3;11-12H,6-10H2,1-5H3. The Bertz CT molecular complexity index is 4560. The lowest BCUT2D eigenvalue weighted by Gasteiger charge is -2.32. The van der Waals surface area contributed by atoms with Crippen molar-refractivity contribution in [3.63, 3.8) is 0 Å². The number of carbonyl (C=O) groups is 8. The van der Waals surface area contributed by atoms with E-state index in [1.165, 1.54) is 137 Å². The van der Waals surface area contributed by atoms with Crippen LogP contribution < -0.4 is 4.78 Å². The highest BCUT2D eigenvalue weighted by atomic mass is 79.9. The van der Waals surface area contributed by atoms with Crippen molar-refractivity contribution >= 4 is 194 Å². The number of unbranched alkanes of at least 4 members (excludes halogenated alkanes) is 9. The SMILES string of the molecule is CC(C)(C)OC(=O)N1C(=O)C2=C(c3ccc(Br)s3)N(C(=O)OC(C)(C)C)C(=O)C2=C1c1ccc(Br)s1.CCCCCCc1csc(-c2ccc(C3=C4C(=O)N(C(=O)OC(C)(C)C)C(c5ccc(-c6cc(CCCCCC)cs6)s5)=C4C(=O)N3C(=O)OC(C)(C)C)s2)c1.CCCCCCc1csc(B2OC(C)(C)C(C)(C)O2)c1. The zero-order valence-corrected chi connectivity index (χ0v) is 76.3. The minimum absolute atomic E-state index is 0.0154. The number of nitrogens with zero attached hydrogens (tertiary/aromatic N) is 4. The van der Waals surface area contributed by atoms with Gasteiger partial charge in [0.25, 0.3) is 23.6 Å². The van der Waals surface area contributed by atoms with Gasteiger partial charge in [-0.15, -0.1) is 68.0 Å². The first-order valence-electron chi connectivity index (χ1n) is 38.1. The van der Waals surface area contributed by atoms with Crippen molar-refractivity contribution in [3.8, 4) is 19.5 Å². The molecule has 0 saturated carbocycles. The van der Waals surface area contributed by atoms with Crippen LogP contribution in [0.4, 0.5) is 19.2 Å². The monoisotopic (exact) mass is 1780 g/mol. The first-order valence-corrected chi connectivity index (χ1v) is 45.6. The molecule has 12 heterocycles. The summed E-state index contributed by atoms with van der Waals surface area (Å²) < 4.78 is 37.5. The Morgan fingerprint density at radius 3 is 0.920 bits per heavy atom. The van der Waals surface area contributed by atoms with Crippen molar-refractivity contribution in [2.45, 2.75) is 261 Å². The summed E-state index contributed by atoms with van der Waals surface area (Å²) in [7, 11) is -0.200. The molecule has 7 aromatic heterocycles. The summed E-state index contributed by atoms with van der Waals surface area (Å²) in [6.07, 6.45) is 14.3. The number of rotatable bonds is 22. The van der Waals surface area contributed by atoms with Crippen molar-refractivity contribution in [2.75, 3.05) is 0 Å². The van der Waals surface area contributed by atoms with Crippen LogP contribution in [0.1, 0.15) is 245 Å². The Morgan fingerprint density at radius 2 is 0.643 bits per heavy atom. The molecule has 0 spiro atoms. The van der Waals surface area contributed by atoms with Gasteiger partial charge >= 0.3 is 31.5 Å².